The van der Waals surface area contributed by atoms with Gasteiger partial charge in [0.25, 0.3) is 0 Å². The third-order valence-corrected chi connectivity index (χ3v) is 4.62. The standard InChI is InChI=1S/C11H11ClN2OS2/c12-10-3-7(5-16-10)8-6-17-11(14-8)9-4-13-1-2-15-9/h3,5-6,9,13H,1-2,4H2. The SMILES string of the molecule is Clc1cc(-c2csc(C3CNCCO3)n2)cs1. The molecule has 1 atom stereocenters. The van der Waals surface area contributed by atoms with E-state index >= 15 is 0 Å². The molecule has 0 amide bonds. The lowest BCUT2D eigenvalue weighted by Crippen LogP contribution is -2.33. The molecule has 1 N–H and O–H groups in total. The first-order valence-corrected chi connectivity index (χ1v) is 7.49. The van der Waals surface area contributed by atoms with E-state index in [2.05, 4.69) is 15.7 Å². The normalized spacial score (nSPS) is 20.6. The molecule has 0 saturated carbocycles. The lowest BCUT2D eigenvalue weighted by Gasteiger charge is -2.21. The van der Waals surface area contributed by atoms with E-state index in [-0.39, 0.29) is 6.10 Å². The van der Waals surface area contributed by atoms with Gasteiger partial charge >= 0.3 is 0 Å². The Labute approximate surface area is 112 Å². The van der Waals surface area contributed by atoms with Crippen molar-refractivity contribution < 1.29 is 4.74 Å². The number of aromatic nitrogens is 1. The second kappa shape index (κ2) is 5.04. The lowest BCUT2D eigenvalue weighted by atomic mass is 10.2. The molecule has 1 aliphatic rings. The van der Waals surface area contributed by atoms with Crippen molar-refractivity contribution in [1.29, 1.82) is 0 Å². The van der Waals surface area contributed by atoms with E-state index in [1.165, 1.54) is 11.3 Å². The van der Waals surface area contributed by atoms with Crippen LogP contribution in [-0.4, -0.2) is 24.7 Å². The molecule has 90 valence electrons. The number of morpholine rings is 1. The summed E-state index contributed by atoms with van der Waals surface area (Å²) in [5.74, 6) is 0. The Morgan fingerprint density at radius 3 is 3.06 bits per heavy atom. The van der Waals surface area contributed by atoms with Gasteiger partial charge in [-0.25, -0.2) is 4.98 Å². The molecular formula is C11H11ClN2OS2. The third kappa shape index (κ3) is 2.53. The van der Waals surface area contributed by atoms with Crippen LogP contribution in [0.1, 0.15) is 11.1 Å². The lowest BCUT2D eigenvalue weighted by molar-refractivity contribution is 0.0276. The van der Waals surface area contributed by atoms with Crippen LogP contribution in [0.2, 0.25) is 4.34 Å². The van der Waals surface area contributed by atoms with Crippen molar-refractivity contribution in [2.75, 3.05) is 19.7 Å². The third-order valence-electron chi connectivity index (χ3n) is 2.59. The highest BCUT2D eigenvalue weighted by atomic mass is 35.5. The Hall–Kier alpha value is -0.460. The van der Waals surface area contributed by atoms with Crippen LogP contribution >= 0.6 is 34.3 Å². The minimum absolute atomic E-state index is 0.0941. The van der Waals surface area contributed by atoms with Gasteiger partial charge in [0.2, 0.25) is 0 Å². The predicted molar refractivity (Wildman–Crippen MR) is 72.0 cm³/mol. The Balaban J connectivity index is 1.82. The minimum atomic E-state index is 0.0941. The van der Waals surface area contributed by atoms with Gasteiger partial charge in [-0.1, -0.05) is 11.6 Å². The molecular weight excluding hydrogens is 276 g/mol. The molecule has 0 aliphatic carbocycles. The zero-order chi connectivity index (χ0) is 11.7. The summed E-state index contributed by atoms with van der Waals surface area (Å²) in [7, 11) is 0. The van der Waals surface area contributed by atoms with Gasteiger partial charge in [0.15, 0.2) is 0 Å². The molecule has 0 aromatic carbocycles. The van der Waals surface area contributed by atoms with E-state index in [1.807, 2.05) is 11.4 Å². The second-order valence-corrected chi connectivity index (χ2v) is 6.21. The fourth-order valence-corrected chi connectivity index (χ4v) is 3.49. The molecule has 2 aromatic rings. The van der Waals surface area contributed by atoms with Gasteiger partial charge in [0, 0.05) is 29.4 Å². The quantitative estimate of drug-likeness (QED) is 0.921. The fraction of sp³-hybridized carbons (Fsp3) is 0.364. The van der Waals surface area contributed by atoms with E-state index in [0.29, 0.717) is 0 Å². The molecule has 1 aliphatic heterocycles. The number of nitrogens with zero attached hydrogens (tertiary/aromatic N) is 1. The molecule has 6 heteroatoms. The maximum absolute atomic E-state index is 5.93. The molecule has 17 heavy (non-hydrogen) atoms. The molecule has 0 bridgehead atoms. The summed E-state index contributed by atoms with van der Waals surface area (Å²) in [5.41, 5.74) is 2.08. The van der Waals surface area contributed by atoms with Crippen molar-refractivity contribution in [3.63, 3.8) is 0 Å². The molecule has 1 unspecified atom stereocenters. The summed E-state index contributed by atoms with van der Waals surface area (Å²) in [6.45, 7) is 2.52. The van der Waals surface area contributed by atoms with E-state index in [9.17, 15) is 0 Å². The average molecular weight is 287 g/mol. The fourth-order valence-electron chi connectivity index (χ4n) is 1.74. The van der Waals surface area contributed by atoms with Crippen molar-refractivity contribution >= 4 is 34.3 Å². The molecule has 1 saturated heterocycles. The highest BCUT2D eigenvalue weighted by Crippen LogP contribution is 2.31. The van der Waals surface area contributed by atoms with Crippen molar-refractivity contribution in [3.05, 3.63) is 26.2 Å². The first-order valence-electron chi connectivity index (χ1n) is 5.35. The summed E-state index contributed by atoms with van der Waals surface area (Å²) in [5, 5.41) is 8.44. The summed E-state index contributed by atoms with van der Waals surface area (Å²) >= 11 is 9.10. The Morgan fingerprint density at radius 1 is 1.41 bits per heavy atom. The van der Waals surface area contributed by atoms with Crippen molar-refractivity contribution in [1.82, 2.24) is 10.3 Å². The van der Waals surface area contributed by atoms with Gasteiger partial charge in [-0.3, -0.25) is 0 Å². The summed E-state index contributed by atoms with van der Waals surface area (Å²) in [4.78, 5) is 4.62. The predicted octanol–water partition coefficient (Wildman–Crippen LogP) is 3.19. The Morgan fingerprint density at radius 2 is 2.35 bits per heavy atom. The molecule has 3 rings (SSSR count). The number of nitrogens with one attached hydrogen (secondary N) is 1. The highest BCUT2D eigenvalue weighted by molar-refractivity contribution is 7.14. The van der Waals surface area contributed by atoms with E-state index in [1.54, 1.807) is 11.3 Å². The minimum Gasteiger partial charge on any atom is -0.368 e. The van der Waals surface area contributed by atoms with Crippen LogP contribution < -0.4 is 5.32 Å². The highest BCUT2D eigenvalue weighted by Gasteiger charge is 2.19. The zero-order valence-electron chi connectivity index (χ0n) is 8.98. The average Bonchev–Trinajstić information content (AvgIpc) is 2.98. The smallest absolute Gasteiger partial charge is 0.124 e. The molecule has 2 aromatic heterocycles. The van der Waals surface area contributed by atoms with Crippen molar-refractivity contribution in [3.8, 4) is 11.3 Å². The molecule has 0 spiro atoms. The monoisotopic (exact) mass is 286 g/mol. The van der Waals surface area contributed by atoms with Gasteiger partial charge in [0.05, 0.1) is 16.6 Å². The topological polar surface area (TPSA) is 34.1 Å². The first kappa shape index (κ1) is 11.6. The van der Waals surface area contributed by atoms with Crippen LogP contribution in [0.25, 0.3) is 11.3 Å². The maximum atomic E-state index is 5.93. The number of halogens is 1. The van der Waals surface area contributed by atoms with Crippen LogP contribution in [0.3, 0.4) is 0 Å². The Kier molecular flexibility index (Phi) is 3.44. The Bertz CT molecular complexity index is 505. The second-order valence-electron chi connectivity index (χ2n) is 3.77. The maximum Gasteiger partial charge on any atom is 0.124 e. The number of thiazole rings is 1. The summed E-state index contributed by atoms with van der Waals surface area (Å²) < 4.78 is 6.48. The molecule has 0 radical (unpaired) electrons. The molecule has 3 heterocycles. The van der Waals surface area contributed by atoms with E-state index < -0.39 is 0 Å². The number of thiophene rings is 1. The summed E-state index contributed by atoms with van der Waals surface area (Å²) in [6.07, 6.45) is 0.0941. The summed E-state index contributed by atoms with van der Waals surface area (Å²) in [6, 6.07) is 1.95. The van der Waals surface area contributed by atoms with E-state index in [0.717, 1.165) is 40.3 Å². The van der Waals surface area contributed by atoms with Crippen LogP contribution in [0.5, 0.6) is 0 Å². The largest absolute Gasteiger partial charge is 0.368 e. The molecule has 1 fully saturated rings. The van der Waals surface area contributed by atoms with E-state index in [4.69, 9.17) is 16.3 Å². The van der Waals surface area contributed by atoms with Gasteiger partial charge < -0.3 is 10.1 Å². The van der Waals surface area contributed by atoms with Crippen molar-refractivity contribution in [2.45, 2.75) is 6.10 Å². The zero-order valence-corrected chi connectivity index (χ0v) is 11.4. The van der Waals surface area contributed by atoms with Crippen LogP contribution in [0.15, 0.2) is 16.8 Å². The number of rotatable bonds is 2. The molecule has 3 nitrogen and oxygen atoms in total. The van der Waals surface area contributed by atoms with Crippen molar-refractivity contribution in [2.24, 2.45) is 0 Å². The van der Waals surface area contributed by atoms with Gasteiger partial charge in [-0.15, -0.1) is 22.7 Å². The van der Waals surface area contributed by atoms with Gasteiger partial charge in [-0.05, 0) is 6.07 Å². The number of hydrogen-bond acceptors (Lipinski definition) is 5. The van der Waals surface area contributed by atoms with Crippen LogP contribution in [0.4, 0.5) is 0 Å². The van der Waals surface area contributed by atoms with Crippen LogP contribution in [-0.2, 0) is 4.74 Å². The van der Waals surface area contributed by atoms with Gasteiger partial charge in [-0.2, -0.15) is 0 Å². The van der Waals surface area contributed by atoms with Crippen LogP contribution in [0, 0.1) is 0 Å². The first-order chi connectivity index (χ1) is 8.33. The number of ether oxygens (including phenoxy) is 1. The van der Waals surface area contributed by atoms with Gasteiger partial charge in [0.1, 0.15) is 11.1 Å². The number of hydrogen-bond donors (Lipinski definition) is 1.